The minimum absolute atomic E-state index is 0.101. The molecule has 4 rings (SSSR count). The van der Waals surface area contributed by atoms with Gasteiger partial charge in [0.25, 0.3) is 0 Å². The maximum absolute atomic E-state index is 13.4. The van der Waals surface area contributed by atoms with E-state index in [1.54, 1.807) is 11.0 Å². The Morgan fingerprint density at radius 1 is 1.03 bits per heavy atom. The lowest BCUT2D eigenvalue weighted by atomic mass is 9.93. The number of hydrogen-bond acceptors (Lipinski definition) is 3. The van der Waals surface area contributed by atoms with Crippen LogP contribution in [0.25, 0.3) is 0 Å². The second-order valence-corrected chi connectivity index (χ2v) is 9.11. The average molecular weight is 416 g/mol. The van der Waals surface area contributed by atoms with E-state index in [1.807, 2.05) is 11.0 Å². The normalized spacial score (nSPS) is 24.3. The van der Waals surface area contributed by atoms with E-state index in [9.17, 15) is 14.0 Å². The van der Waals surface area contributed by atoms with Crippen LogP contribution in [0, 0.1) is 11.7 Å². The Balaban J connectivity index is 1.27. The molecular formula is C24H34FN3O2. The maximum atomic E-state index is 13.4. The molecule has 1 aliphatic carbocycles. The highest BCUT2D eigenvalue weighted by molar-refractivity contribution is 5.84. The molecule has 2 aliphatic heterocycles. The standard InChI is InChI=1S/C24H34FN3O2/c25-21-6-4-5-19(17-21)11-12-28-18-20(9-10-23(28)29)24(30)27-15-13-26(14-16-27)22-7-2-1-3-8-22/h4-6,17,20,22H,1-3,7-16,18H2. The van der Waals surface area contributed by atoms with E-state index in [2.05, 4.69) is 4.90 Å². The Morgan fingerprint density at radius 3 is 2.53 bits per heavy atom. The zero-order valence-electron chi connectivity index (χ0n) is 17.9. The summed E-state index contributed by atoms with van der Waals surface area (Å²) < 4.78 is 13.4. The van der Waals surface area contributed by atoms with E-state index >= 15 is 0 Å². The molecular weight excluding hydrogens is 381 g/mol. The molecule has 0 N–H and O–H groups in total. The number of benzene rings is 1. The second kappa shape index (κ2) is 9.90. The van der Waals surface area contributed by atoms with Crippen LogP contribution in [0.1, 0.15) is 50.5 Å². The van der Waals surface area contributed by atoms with Gasteiger partial charge in [0.15, 0.2) is 0 Å². The molecule has 1 saturated carbocycles. The molecule has 1 aromatic rings. The first-order valence-corrected chi connectivity index (χ1v) is 11.7. The molecule has 164 valence electrons. The van der Waals surface area contributed by atoms with Crippen LogP contribution < -0.4 is 0 Å². The van der Waals surface area contributed by atoms with Gasteiger partial charge in [-0.15, -0.1) is 0 Å². The fraction of sp³-hybridized carbons (Fsp3) is 0.667. The zero-order valence-corrected chi connectivity index (χ0v) is 17.9. The van der Waals surface area contributed by atoms with Gasteiger partial charge in [-0.05, 0) is 43.4 Å². The molecule has 3 fully saturated rings. The molecule has 0 aromatic heterocycles. The predicted octanol–water partition coefficient (Wildman–Crippen LogP) is 3.08. The number of piperazine rings is 1. The molecule has 3 aliphatic rings. The molecule has 0 bridgehead atoms. The first kappa shape index (κ1) is 21.3. The van der Waals surface area contributed by atoms with Gasteiger partial charge in [0.2, 0.25) is 11.8 Å². The van der Waals surface area contributed by atoms with E-state index < -0.39 is 0 Å². The molecule has 0 spiro atoms. The Bertz CT molecular complexity index is 742. The second-order valence-electron chi connectivity index (χ2n) is 9.11. The van der Waals surface area contributed by atoms with Crippen molar-refractivity contribution < 1.29 is 14.0 Å². The minimum atomic E-state index is -0.252. The van der Waals surface area contributed by atoms with Crippen molar-refractivity contribution in [2.75, 3.05) is 39.3 Å². The monoisotopic (exact) mass is 415 g/mol. The van der Waals surface area contributed by atoms with Gasteiger partial charge in [-0.1, -0.05) is 31.4 Å². The molecule has 1 atom stereocenters. The average Bonchev–Trinajstić information content (AvgIpc) is 2.79. The van der Waals surface area contributed by atoms with Gasteiger partial charge in [0.05, 0.1) is 5.92 Å². The van der Waals surface area contributed by atoms with Crippen LogP contribution in [0.4, 0.5) is 4.39 Å². The molecule has 2 saturated heterocycles. The minimum Gasteiger partial charge on any atom is -0.342 e. The van der Waals surface area contributed by atoms with Crippen LogP contribution >= 0.6 is 0 Å². The van der Waals surface area contributed by atoms with Crippen LogP contribution in [0.3, 0.4) is 0 Å². The summed E-state index contributed by atoms with van der Waals surface area (Å²) in [6.07, 6.45) is 8.35. The quantitative estimate of drug-likeness (QED) is 0.742. The lowest BCUT2D eigenvalue weighted by molar-refractivity contribution is -0.144. The number of nitrogens with zero attached hydrogens (tertiary/aromatic N) is 3. The first-order valence-electron chi connectivity index (χ1n) is 11.7. The van der Waals surface area contributed by atoms with E-state index in [0.29, 0.717) is 38.4 Å². The van der Waals surface area contributed by atoms with E-state index in [1.165, 1.54) is 44.2 Å². The van der Waals surface area contributed by atoms with E-state index in [4.69, 9.17) is 0 Å². The van der Waals surface area contributed by atoms with Gasteiger partial charge in [-0.3, -0.25) is 14.5 Å². The number of likely N-dealkylation sites (tertiary alicyclic amines) is 1. The molecule has 5 nitrogen and oxygen atoms in total. The lowest BCUT2D eigenvalue weighted by Crippen LogP contribution is -2.55. The number of amides is 2. The van der Waals surface area contributed by atoms with Crippen molar-refractivity contribution in [2.45, 2.75) is 57.4 Å². The topological polar surface area (TPSA) is 43.9 Å². The smallest absolute Gasteiger partial charge is 0.227 e. The molecule has 2 amide bonds. The number of rotatable bonds is 5. The van der Waals surface area contributed by atoms with Crippen LogP contribution in [0.15, 0.2) is 24.3 Å². The summed E-state index contributed by atoms with van der Waals surface area (Å²) in [7, 11) is 0. The molecule has 1 aromatic carbocycles. The molecule has 6 heteroatoms. The Hall–Kier alpha value is -1.95. The van der Waals surface area contributed by atoms with Gasteiger partial charge < -0.3 is 9.80 Å². The molecule has 30 heavy (non-hydrogen) atoms. The summed E-state index contributed by atoms with van der Waals surface area (Å²) in [5.41, 5.74) is 0.884. The Labute approximate surface area is 179 Å². The number of carbonyl (C=O) groups excluding carboxylic acids is 2. The summed E-state index contributed by atoms with van der Waals surface area (Å²) in [4.78, 5) is 31.9. The third-order valence-electron chi connectivity index (χ3n) is 7.13. The first-order chi connectivity index (χ1) is 14.6. The van der Waals surface area contributed by atoms with Crippen molar-refractivity contribution >= 4 is 11.8 Å². The predicted molar refractivity (Wildman–Crippen MR) is 114 cm³/mol. The summed E-state index contributed by atoms with van der Waals surface area (Å²) in [5.74, 6) is -0.0338. The van der Waals surface area contributed by atoms with Gasteiger partial charge in [0, 0.05) is 51.7 Å². The lowest BCUT2D eigenvalue weighted by Gasteiger charge is -2.42. The number of halogens is 1. The van der Waals surface area contributed by atoms with Gasteiger partial charge >= 0.3 is 0 Å². The van der Waals surface area contributed by atoms with Crippen LogP contribution in [0.5, 0.6) is 0 Å². The highest BCUT2D eigenvalue weighted by Crippen LogP contribution is 2.25. The molecule has 2 heterocycles. The van der Waals surface area contributed by atoms with Crippen LogP contribution in [-0.4, -0.2) is 71.8 Å². The number of piperidine rings is 1. The Morgan fingerprint density at radius 2 is 1.80 bits per heavy atom. The number of carbonyl (C=O) groups is 2. The van der Waals surface area contributed by atoms with Crippen molar-refractivity contribution in [2.24, 2.45) is 5.92 Å². The molecule has 1 unspecified atom stereocenters. The van der Waals surface area contributed by atoms with Crippen molar-refractivity contribution in [3.63, 3.8) is 0 Å². The molecule has 0 radical (unpaired) electrons. The van der Waals surface area contributed by atoms with Crippen LogP contribution in [-0.2, 0) is 16.0 Å². The van der Waals surface area contributed by atoms with Crippen molar-refractivity contribution in [3.8, 4) is 0 Å². The Kier molecular flexibility index (Phi) is 7.03. The highest BCUT2D eigenvalue weighted by atomic mass is 19.1. The van der Waals surface area contributed by atoms with Crippen LogP contribution in [0.2, 0.25) is 0 Å². The number of hydrogen-bond donors (Lipinski definition) is 0. The third kappa shape index (κ3) is 5.20. The van der Waals surface area contributed by atoms with E-state index in [-0.39, 0.29) is 23.5 Å². The zero-order chi connectivity index (χ0) is 20.9. The summed E-state index contributed by atoms with van der Waals surface area (Å²) in [5, 5.41) is 0. The van der Waals surface area contributed by atoms with E-state index in [0.717, 1.165) is 31.7 Å². The van der Waals surface area contributed by atoms with Gasteiger partial charge in [0.1, 0.15) is 5.82 Å². The summed E-state index contributed by atoms with van der Waals surface area (Å²) in [6, 6.07) is 7.23. The fourth-order valence-corrected chi connectivity index (χ4v) is 5.30. The van der Waals surface area contributed by atoms with Gasteiger partial charge in [-0.2, -0.15) is 0 Å². The third-order valence-corrected chi connectivity index (χ3v) is 7.13. The van der Waals surface area contributed by atoms with Gasteiger partial charge in [-0.25, -0.2) is 4.39 Å². The van der Waals surface area contributed by atoms with Crippen molar-refractivity contribution in [3.05, 3.63) is 35.6 Å². The SMILES string of the molecule is O=C1CCC(C(=O)N2CCN(C3CCCCC3)CC2)CN1CCc1cccc(F)c1. The summed E-state index contributed by atoms with van der Waals surface area (Å²) >= 11 is 0. The largest absolute Gasteiger partial charge is 0.342 e. The van der Waals surface area contributed by atoms with Crippen molar-refractivity contribution in [1.29, 1.82) is 0 Å². The fourth-order valence-electron chi connectivity index (χ4n) is 5.30. The summed E-state index contributed by atoms with van der Waals surface area (Å²) in [6.45, 7) is 4.61. The maximum Gasteiger partial charge on any atom is 0.227 e. The highest BCUT2D eigenvalue weighted by Gasteiger charge is 2.34. The van der Waals surface area contributed by atoms with Crippen molar-refractivity contribution in [1.82, 2.24) is 14.7 Å².